The quantitative estimate of drug-likeness (QED) is 0.767. The first-order valence-electron chi connectivity index (χ1n) is 5.36. The lowest BCUT2D eigenvalue weighted by Gasteiger charge is -2.22. The minimum absolute atomic E-state index is 0.171. The summed E-state index contributed by atoms with van der Waals surface area (Å²) in [7, 11) is 0. The van der Waals surface area contributed by atoms with Crippen LogP contribution >= 0.6 is 11.8 Å². The highest BCUT2D eigenvalue weighted by atomic mass is 32.2. The molecule has 1 unspecified atom stereocenters. The number of rotatable bonds is 4. The van der Waals surface area contributed by atoms with Crippen LogP contribution in [0.4, 0.5) is 0 Å². The Bertz CT molecular complexity index is 425. The predicted molar refractivity (Wildman–Crippen MR) is 67.3 cm³/mol. The molecule has 0 amide bonds. The van der Waals surface area contributed by atoms with Crippen LogP contribution in [0, 0.1) is 0 Å². The summed E-state index contributed by atoms with van der Waals surface area (Å²) in [6.07, 6.45) is 2.39. The van der Waals surface area contributed by atoms with E-state index in [1.165, 1.54) is 0 Å². The number of hydrogen-bond acceptors (Lipinski definition) is 5. The molecule has 17 heavy (non-hydrogen) atoms. The zero-order valence-corrected chi connectivity index (χ0v) is 11.1. The summed E-state index contributed by atoms with van der Waals surface area (Å²) in [6, 6.07) is 0. The molecule has 0 radical (unpaired) electrons. The van der Waals surface area contributed by atoms with Gasteiger partial charge in [-0.3, -0.25) is 4.79 Å². The number of nitrogens with zero attached hydrogens (tertiary/aromatic N) is 2. The average Bonchev–Trinajstić information content (AvgIpc) is 2.25. The lowest BCUT2D eigenvalue weighted by atomic mass is 10.1. The van der Waals surface area contributed by atoms with Crippen LogP contribution in [0.1, 0.15) is 20.8 Å². The smallest absolute Gasteiger partial charge is 0.283 e. The maximum absolute atomic E-state index is 12.1. The first-order chi connectivity index (χ1) is 7.86. The van der Waals surface area contributed by atoms with Crippen LogP contribution in [-0.2, 0) is 5.54 Å². The minimum Gasteiger partial charge on any atom is -0.394 e. The molecule has 0 bridgehead atoms. The van der Waals surface area contributed by atoms with Gasteiger partial charge in [0.25, 0.3) is 5.56 Å². The minimum atomic E-state index is -0.829. The second-order valence-electron chi connectivity index (χ2n) is 4.73. The maximum Gasteiger partial charge on any atom is 0.283 e. The Kier molecular flexibility index (Phi) is 4.73. The summed E-state index contributed by atoms with van der Waals surface area (Å²) in [5, 5.41) is 18.3. The molecule has 1 aromatic rings. The molecule has 6 heteroatoms. The van der Waals surface area contributed by atoms with Gasteiger partial charge >= 0.3 is 0 Å². The Morgan fingerprint density at radius 2 is 2.18 bits per heavy atom. The Hall–Kier alpha value is -0.850. The Labute approximate surface area is 105 Å². The van der Waals surface area contributed by atoms with Gasteiger partial charge in [0.2, 0.25) is 0 Å². The monoisotopic (exact) mass is 258 g/mol. The Balaban J connectivity index is 2.92. The van der Waals surface area contributed by atoms with Gasteiger partial charge in [0.15, 0.2) is 5.03 Å². The summed E-state index contributed by atoms with van der Waals surface area (Å²) >= 11 is 1.16. The third-order valence-corrected chi connectivity index (χ3v) is 3.26. The van der Waals surface area contributed by atoms with E-state index in [4.69, 9.17) is 5.11 Å². The van der Waals surface area contributed by atoms with Crippen molar-refractivity contribution in [3.05, 3.63) is 22.7 Å². The highest BCUT2D eigenvalue weighted by Crippen LogP contribution is 2.15. The summed E-state index contributed by atoms with van der Waals surface area (Å²) in [4.78, 5) is 16.0. The second kappa shape index (κ2) is 5.66. The van der Waals surface area contributed by atoms with E-state index in [1.807, 2.05) is 20.8 Å². The standard InChI is InChI=1S/C11H18N2O3S/c1-11(2,3)13-5-4-12-9(10(13)16)17-7-8(15)6-14/h4-5,8,14-15H,6-7H2,1-3H3. The molecule has 1 rings (SSSR count). The van der Waals surface area contributed by atoms with Gasteiger partial charge in [-0.1, -0.05) is 11.8 Å². The molecule has 0 saturated carbocycles. The van der Waals surface area contributed by atoms with Crippen LogP contribution in [0.25, 0.3) is 0 Å². The van der Waals surface area contributed by atoms with Gasteiger partial charge in [-0.05, 0) is 20.8 Å². The third-order valence-electron chi connectivity index (χ3n) is 2.16. The molecule has 5 nitrogen and oxygen atoms in total. The number of aliphatic hydroxyl groups is 2. The average molecular weight is 258 g/mol. The lowest BCUT2D eigenvalue weighted by Crippen LogP contribution is -2.34. The van der Waals surface area contributed by atoms with Crippen molar-refractivity contribution in [3.63, 3.8) is 0 Å². The van der Waals surface area contributed by atoms with Gasteiger partial charge in [0.1, 0.15) is 0 Å². The fourth-order valence-electron chi connectivity index (χ4n) is 1.25. The number of aromatic nitrogens is 2. The number of hydrogen-bond donors (Lipinski definition) is 2. The van der Waals surface area contributed by atoms with Crippen LogP contribution < -0.4 is 5.56 Å². The van der Waals surface area contributed by atoms with E-state index in [0.29, 0.717) is 5.03 Å². The molecule has 2 N–H and O–H groups in total. The van der Waals surface area contributed by atoms with E-state index in [0.717, 1.165) is 11.8 Å². The van der Waals surface area contributed by atoms with E-state index in [1.54, 1.807) is 17.0 Å². The van der Waals surface area contributed by atoms with Gasteiger partial charge in [-0.25, -0.2) is 4.98 Å². The van der Waals surface area contributed by atoms with E-state index in [9.17, 15) is 9.90 Å². The summed E-state index contributed by atoms with van der Waals surface area (Å²) < 4.78 is 1.60. The number of thioether (sulfide) groups is 1. The molecule has 1 aromatic heterocycles. The molecule has 0 aliphatic rings. The molecule has 0 saturated heterocycles. The highest BCUT2D eigenvalue weighted by molar-refractivity contribution is 7.99. The van der Waals surface area contributed by atoms with Gasteiger partial charge in [0, 0.05) is 23.7 Å². The Morgan fingerprint density at radius 1 is 1.53 bits per heavy atom. The van der Waals surface area contributed by atoms with E-state index in [-0.39, 0.29) is 23.5 Å². The van der Waals surface area contributed by atoms with Crippen LogP contribution in [0.2, 0.25) is 0 Å². The van der Waals surface area contributed by atoms with E-state index >= 15 is 0 Å². The van der Waals surface area contributed by atoms with Crippen LogP contribution in [-0.4, -0.2) is 38.2 Å². The van der Waals surface area contributed by atoms with Gasteiger partial charge in [-0.15, -0.1) is 0 Å². The molecule has 0 aliphatic carbocycles. The molecular weight excluding hydrogens is 240 g/mol. The van der Waals surface area contributed by atoms with Gasteiger partial charge in [-0.2, -0.15) is 0 Å². The van der Waals surface area contributed by atoms with E-state index < -0.39 is 6.10 Å². The van der Waals surface area contributed by atoms with Gasteiger partial charge in [0.05, 0.1) is 12.7 Å². The van der Waals surface area contributed by atoms with E-state index in [2.05, 4.69) is 4.98 Å². The molecule has 96 valence electrons. The van der Waals surface area contributed by atoms with Crippen molar-refractivity contribution < 1.29 is 10.2 Å². The highest BCUT2D eigenvalue weighted by Gasteiger charge is 2.17. The van der Waals surface area contributed by atoms with Crippen molar-refractivity contribution in [3.8, 4) is 0 Å². The van der Waals surface area contributed by atoms with Crippen LogP contribution in [0.3, 0.4) is 0 Å². The molecule has 0 aromatic carbocycles. The van der Waals surface area contributed by atoms with Crippen LogP contribution in [0.5, 0.6) is 0 Å². The maximum atomic E-state index is 12.1. The molecule has 0 spiro atoms. The molecule has 0 fully saturated rings. The molecule has 1 atom stereocenters. The number of aliphatic hydroxyl groups excluding tert-OH is 2. The SMILES string of the molecule is CC(C)(C)n1ccnc(SCC(O)CO)c1=O. The van der Waals surface area contributed by atoms with Crippen molar-refractivity contribution in [2.75, 3.05) is 12.4 Å². The predicted octanol–water partition coefficient (Wildman–Crippen LogP) is 0.444. The molecule has 1 heterocycles. The Morgan fingerprint density at radius 3 is 2.71 bits per heavy atom. The molecular formula is C11H18N2O3S. The molecule has 0 aliphatic heterocycles. The summed E-state index contributed by atoms with van der Waals surface area (Å²) in [5.41, 5.74) is -0.472. The first-order valence-corrected chi connectivity index (χ1v) is 6.34. The second-order valence-corrected chi connectivity index (χ2v) is 5.73. The zero-order valence-electron chi connectivity index (χ0n) is 10.3. The topological polar surface area (TPSA) is 75.3 Å². The van der Waals surface area contributed by atoms with Crippen LogP contribution in [0.15, 0.2) is 22.2 Å². The van der Waals surface area contributed by atoms with Gasteiger partial charge < -0.3 is 14.8 Å². The van der Waals surface area contributed by atoms with Crippen molar-refractivity contribution in [2.24, 2.45) is 0 Å². The first kappa shape index (κ1) is 14.2. The summed E-state index contributed by atoms with van der Waals surface area (Å²) in [5.74, 6) is 0.257. The van der Waals surface area contributed by atoms with Crippen molar-refractivity contribution in [1.29, 1.82) is 0 Å². The third kappa shape index (κ3) is 3.83. The fourth-order valence-corrected chi connectivity index (χ4v) is 2.06. The fraction of sp³-hybridized carbons (Fsp3) is 0.636. The largest absolute Gasteiger partial charge is 0.394 e. The lowest BCUT2D eigenvalue weighted by molar-refractivity contribution is 0.113. The normalized spacial score (nSPS) is 13.7. The zero-order chi connectivity index (χ0) is 13.1. The van der Waals surface area contributed by atoms with Crippen molar-refractivity contribution >= 4 is 11.8 Å². The van der Waals surface area contributed by atoms with Crippen molar-refractivity contribution in [1.82, 2.24) is 9.55 Å². The van der Waals surface area contributed by atoms with Crippen molar-refractivity contribution in [2.45, 2.75) is 37.4 Å². The summed E-state index contributed by atoms with van der Waals surface area (Å²) in [6.45, 7) is 5.50.